The quantitative estimate of drug-likeness (QED) is 0.441. The van der Waals surface area contributed by atoms with Crippen LogP contribution in [0.15, 0.2) is 0 Å². The fourth-order valence-electron chi connectivity index (χ4n) is 0.683. The number of thiol groups is 1. The second-order valence-electron chi connectivity index (χ2n) is 2.42. The Morgan fingerprint density at radius 2 is 2.36 bits per heavy atom. The number of rotatable bonds is 6. The molecule has 0 aliphatic rings. The molecule has 0 bridgehead atoms. The van der Waals surface area contributed by atoms with E-state index in [1.54, 1.807) is 0 Å². The fourth-order valence-corrected chi connectivity index (χ4v) is 5.16. The summed E-state index contributed by atoms with van der Waals surface area (Å²) in [6.45, 7) is 2.16. The van der Waals surface area contributed by atoms with E-state index in [9.17, 15) is 4.79 Å². The van der Waals surface area contributed by atoms with Crippen LogP contribution in [0.2, 0.25) is 4.44 Å². The van der Waals surface area contributed by atoms with Crippen molar-refractivity contribution in [3.05, 3.63) is 0 Å². The van der Waals surface area contributed by atoms with Crippen molar-refractivity contribution >= 4 is 39.7 Å². The molecule has 0 aromatic heterocycles. The zero-order valence-corrected chi connectivity index (χ0v) is 10.5. The third-order valence-electron chi connectivity index (χ3n) is 1.28. The number of carboxylic acids is 1. The molecule has 1 unspecified atom stereocenters. The van der Waals surface area contributed by atoms with Gasteiger partial charge < -0.3 is 0 Å². The molecule has 0 spiro atoms. The van der Waals surface area contributed by atoms with E-state index in [2.05, 4.69) is 19.6 Å². The molecule has 0 aliphatic carbocycles. The average Bonchev–Trinajstić information content (AvgIpc) is 1.86. The van der Waals surface area contributed by atoms with Gasteiger partial charge in [-0.15, -0.1) is 0 Å². The molecule has 0 saturated carbocycles. The van der Waals surface area contributed by atoms with Gasteiger partial charge in [-0.25, -0.2) is 0 Å². The van der Waals surface area contributed by atoms with Gasteiger partial charge in [0.2, 0.25) is 0 Å². The number of carbonyl (C=O) groups is 1. The van der Waals surface area contributed by atoms with Gasteiger partial charge in [0.05, 0.1) is 0 Å². The van der Waals surface area contributed by atoms with E-state index in [0.29, 0.717) is 0 Å². The molecule has 1 atom stereocenters. The summed E-state index contributed by atoms with van der Waals surface area (Å²) in [6, 6.07) is 0. The normalized spacial score (nSPS) is 12.9. The Morgan fingerprint density at radius 3 is 2.82 bits per heavy atom. The van der Waals surface area contributed by atoms with E-state index in [0.717, 1.165) is 0 Å². The first kappa shape index (κ1) is 11.6. The standard InChI is InChI=1S/C4H9.C3H5O2S.Sn/c1-3-4-2;4-3(5)1-2-6;/h1,3-4H2,2H3;2,6H,1H2,(H,4,5);. The molecule has 0 heterocycles. The van der Waals surface area contributed by atoms with E-state index in [4.69, 9.17) is 5.11 Å². The Morgan fingerprint density at radius 1 is 1.73 bits per heavy atom. The van der Waals surface area contributed by atoms with Crippen molar-refractivity contribution < 1.29 is 9.90 Å². The summed E-state index contributed by atoms with van der Waals surface area (Å²) >= 11 is 3.74. The van der Waals surface area contributed by atoms with E-state index < -0.39 is 27.1 Å². The molecule has 0 aliphatic heterocycles. The zero-order chi connectivity index (χ0) is 8.69. The van der Waals surface area contributed by atoms with Gasteiger partial charge >= 0.3 is 83.5 Å². The fraction of sp³-hybridized carbons (Fsp3) is 0.857. The van der Waals surface area contributed by atoms with Crippen LogP contribution in [0.25, 0.3) is 0 Å². The van der Waals surface area contributed by atoms with Gasteiger partial charge in [-0.2, -0.15) is 0 Å². The second-order valence-corrected chi connectivity index (χ2v) is 9.01. The first-order valence-electron chi connectivity index (χ1n) is 3.80. The predicted octanol–water partition coefficient (Wildman–Crippen LogP) is 1.64. The number of unbranched alkanes of at least 4 members (excludes halogenated alkanes) is 1. The third-order valence-corrected chi connectivity index (χ3v) is 6.45. The molecule has 0 aromatic rings. The summed E-state index contributed by atoms with van der Waals surface area (Å²) in [6.07, 6.45) is 2.73. The number of carboxylic acid groups (broad SMARTS) is 1. The van der Waals surface area contributed by atoms with Crippen molar-refractivity contribution in [2.24, 2.45) is 0 Å². The molecule has 2 nitrogen and oxygen atoms in total. The summed E-state index contributed by atoms with van der Waals surface area (Å²) in [7, 11) is 0. The Balaban J connectivity index is 3.22. The molecule has 1 N–H and O–H groups in total. The maximum absolute atomic E-state index is 10.2. The molecule has 0 rings (SSSR count). The predicted molar refractivity (Wildman–Crippen MR) is 50.5 cm³/mol. The summed E-state index contributed by atoms with van der Waals surface area (Å²) in [5.41, 5.74) is 0. The van der Waals surface area contributed by atoms with Gasteiger partial charge in [0.25, 0.3) is 0 Å². The van der Waals surface area contributed by atoms with Gasteiger partial charge in [0, 0.05) is 0 Å². The first-order chi connectivity index (χ1) is 5.16. The molecule has 2 radical (unpaired) electrons. The maximum atomic E-state index is 10.2. The third kappa shape index (κ3) is 8.53. The van der Waals surface area contributed by atoms with Crippen molar-refractivity contribution in [1.82, 2.24) is 0 Å². The number of hydrogen-bond donors (Lipinski definition) is 2. The molecular weight excluding hydrogens is 267 g/mol. The van der Waals surface area contributed by atoms with Gasteiger partial charge in [0.15, 0.2) is 0 Å². The van der Waals surface area contributed by atoms with Crippen LogP contribution < -0.4 is 0 Å². The SMILES string of the molecule is CCC[CH2][Sn][CH](S)CC(=O)O. The Hall–Kier alpha value is 0.619. The van der Waals surface area contributed by atoms with Crippen molar-refractivity contribution in [2.75, 3.05) is 0 Å². The van der Waals surface area contributed by atoms with Crippen LogP contribution in [-0.2, 0) is 4.79 Å². The van der Waals surface area contributed by atoms with Crippen LogP contribution in [0.1, 0.15) is 26.2 Å². The van der Waals surface area contributed by atoms with Crippen LogP contribution in [0, 0.1) is 0 Å². The van der Waals surface area contributed by atoms with Gasteiger partial charge in [-0.3, -0.25) is 0 Å². The zero-order valence-electron chi connectivity index (χ0n) is 6.71. The monoisotopic (exact) mass is 282 g/mol. The van der Waals surface area contributed by atoms with Crippen LogP contribution in [0.3, 0.4) is 0 Å². The number of hydrogen-bond acceptors (Lipinski definition) is 2. The molecule has 64 valence electrons. The van der Waals surface area contributed by atoms with E-state index >= 15 is 0 Å². The molecule has 4 heteroatoms. The molecule has 0 aromatic carbocycles. The molecule has 0 saturated heterocycles. The Bertz CT molecular complexity index is 119. The first-order valence-corrected chi connectivity index (χ1v) is 7.98. The minimum absolute atomic E-state index is 0.211. The van der Waals surface area contributed by atoms with Gasteiger partial charge in [-0.1, -0.05) is 0 Å². The van der Waals surface area contributed by atoms with Crippen molar-refractivity contribution in [3.63, 3.8) is 0 Å². The average molecular weight is 281 g/mol. The van der Waals surface area contributed by atoms with E-state index in [-0.39, 0.29) is 9.69 Å². The van der Waals surface area contributed by atoms with Crippen LogP contribution in [0.4, 0.5) is 0 Å². The Kier molecular flexibility index (Phi) is 7.69. The van der Waals surface area contributed by atoms with Crippen LogP contribution >= 0.6 is 12.6 Å². The molecular formula is C7H14O2SSn. The molecule has 0 fully saturated rings. The summed E-state index contributed by atoms with van der Waals surface area (Å²) in [5.74, 6) is -0.706. The summed E-state index contributed by atoms with van der Waals surface area (Å²) in [5, 5.41) is 8.42. The van der Waals surface area contributed by atoms with Crippen LogP contribution in [0.5, 0.6) is 0 Å². The summed E-state index contributed by atoms with van der Waals surface area (Å²) < 4.78 is 1.48. The van der Waals surface area contributed by atoms with Crippen molar-refractivity contribution in [3.8, 4) is 0 Å². The summed E-state index contributed by atoms with van der Waals surface area (Å²) in [4.78, 5) is 10.2. The number of aliphatic carboxylic acids is 1. The molecule has 0 amide bonds. The minimum atomic E-state index is -0.706. The van der Waals surface area contributed by atoms with Gasteiger partial charge in [-0.05, 0) is 0 Å². The van der Waals surface area contributed by atoms with Crippen LogP contribution in [-0.4, -0.2) is 35.5 Å². The van der Waals surface area contributed by atoms with E-state index in [1.807, 2.05) is 0 Å². The molecule has 11 heavy (non-hydrogen) atoms. The van der Waals surface area contributed by atoms with E-state index in [1.165, 1.54) is 17.3 Å². The Labute approximate surface area is 83.4 Å². The van der Waals surface area contributed by atoms with Crippen molar-refractivity contribution in [1.29, 1.82) is 0 Å². The van der Waals surface area contributed by atoms with Crippen molar-refractivity contribution in [2.45, 2.75) is 33.9 Å². The van der Waals surface area contributed by atoms with Gasteiger partial charge in [0.1, 0.15) is 0 Å². The topological polar surface area (TPSA) is 37.3 Å². The second kappa shape index (κ2) is 7.28.